The minimum atomic E-state index is -0.698. The number of primary amides is 1. The van der Waals surface area contributed by atoms with E-state index in [1.807, 2.05) is 0 Å². The Kier molecular flexibility index (Phi) is 5.57. The first-order chi connectivity index (χ1) is 5.42. The first-order valence-electron chi connectivity index (χ1n) is 3.65. The summed E-state index contributed by atoms with van der Waals surface area (Å²) in [4.78, 5) is 10.1. The summed E-state index contributed by atoms with van der Waals surface area (Å²) in [7, 11) is 3.46. The van der Waals surface area contributed by atoms with Gasteiger partial charge in [-0.2, -0.15) is 0 Å². The normalized spacial score (nSPS) is 11.2. The van der Waals surface area contributed by atoms with Gasteiger partial charge in [-0.1, -0.05) is 42.4 Å². The van der Waals surface area contributed by atoms with Gasteiger partial charge in [0.25, 0.3) is 0 Å². The zero-order chi connectivity index (χ0) is 9.61. The van der Waals surface area contributed by atoms with E-state index in [0.29, 0.717) is 6.61 Å². The summed E-state index contributed by atoms with van der Waals surface area (Å²) in [6.45, 7) is 6.81. The summed E-state index contributed by atoms with van der Waals surface area (Å²) in [5.74, 6) is 0.783. The molecule has 0 saturated heterocycles. The molecule has 0 atom stereocenters. The molecule has 0 aliphatic carbocycles. The fraction of sp³-hybridized carbons (Fsp3) is 0.857. The molecule has 0 aromatic carbocycles. The van der Waals surface area contributed by atoms with Gasteiger partial charge in [-0.25, -0.2) is 4.79 Å². The van der Waals surface area contributed by atoms with Crippen LogP contribution in [0, 0.1) is 0 Å². The van der Waals surface area contributed by atoms with E-state index < -0.39 is 6.09 Å². The van der Waals surface area contributed by atoms with E-state index in [-0.39, 0.29) is 4.75 Å². The maximum Gasteiger partial charge on any atom is 0.404 e. The Morgan fingerprint density at radius 2 is 2.08 bits per heavy atom. The molecule has 0 bridgehead atoms. The average Bonchev–Trinajstić information content (AvgIpc) is 1.83. The first kappa shape index (κ1) is 12.0. The highest BCUT2D eigenvalue weighted by Gasteiger charge is 2.10. The molecule has 12 heavy (non-hydrogen) atoms. The van der Waals surface area contributed by atoms with Crippen LogP contribution in [0.4, 0.5) is 4.79 Å². The average molecular weight is 209 g/mol. The third kappa shape index (κ3) is 9.97. The lowest BCUT2D eigenvalue weighted by molar-refractivity contribution is 0.164. The van der Waals surface area contributed by atoms with Gasteiger partial charge >= 0.3 is 6.09 Å². The maximum atomic E-state index is 10.1. The van der Waals surface area contributed by atoms with Crippen molar-refractivity contribution in [2.24, 2.45) is 5.73 Å². The molecule has 0 aliphatic rings. The summed E-state index contributed by atoms with van der Waals surface area (Å²) in [5.41, 5.74) is 4.78. The van der Waals surface area contributed by atoms with E-state index in [2.05, 4.69) is 25.5 Å². The molecular weight excluding hydrogens is 194 g/mol. The van der Waals surface area contributed by atoms with Crippen molar-refractivity contribution in [1.82, 2.24) is 0 Å². The quantitative estimate of drug-likeness (QED) is 0.570. The molecule has 0 saturated carbocycles. The van der Waals surface area contributed by atoms with Gasteiger partial charge < -0.3 is 10.5 Å². The number of carbonyl (C=O) groups is 1. The lowest BCUT2D eigenvalue weighted by Crippen LogP contribution is -2.14. The number of ether oxygens (including phenoxy) is 1. The molecule has 0 radical (unpaired) electrons. The van der Waals surface area contributed by atoms with Crippen molar-refractivity contribution in [2.75, 3.05) is 12.4 Å². The molecule has 1 amide bonds. The van der Waals surface area contributed by atoms with Crippen molar-refractivity contribution in [3.05, 3.63) is 0 Å². The van der Waals surface area contributed by atoms with Gasteiger partial charge in [0.15, 0.2) is 0 Å². The van der Waals surface area contributed by atoms with Gasteiger partial charge in [0.05, 0.1) is 0 Å². The highest BCUT2D eigenvalue weighted by atomic mass is 33.1. The van der Waals surface area contributed by atoms with Gasteiger partial charge in [-0.3, -0.25) is 0 Å². The monoisotopic (exact) mass is 209 g/mol. The summed E-state index contributed by atoms with van der Waals surface area (Å²) in [5, 5.41) is 0. The third-order valence-corrected chi connectivity index (χ3v) is 4.02. The Balaban J connectivity index is 3.17. The van der Waals surface area contributed by atoms with Crippen LogP contribution in [0.3, 0.4) is 0 Å². The zero-order valence-corrected chi connectivity index (χ0v) is 9.26. The van der Waals surface area contributed by atoms with Crippen molar-refractivity contribution in [3.8, 4) is 0 Å². The van der Waals surface area contributed by atoms with Crippen LogP contribution in [-0.4, -0.2) is 23.2 Å². The standard InChI is InChI=1S/C7H15NO2S2/c1-7(2,3)12-11-5-4-10-6(8)9/h4-5H2,1-3H3,(H2,8,9). The summed E-state index contributed by atoms with van der Waals surface area (Å²) in [6, 6.07) is 0. The molecule has 2 N–H and O–H groups in total. The summed E-state index contributed by atoms with van der Waals surface area (Å²) >= 11 is 0. The highest BCUT2D eigenvalue weighted by molar-refractivity contribution is 8.77. The second-order valence-corrected chi connectivity index (χ2v) is 6.43. The Morgan fingerprint density at radius 3 is 2.50 bits per heavy atom. The van der Waals surface area contributed by atoms with Crippen LogP contribution >= 0.6 is 21.6 Å². The molecule has 0 aromatic heterocycles. The lowest BCUT2D eigenvalue weighted by atomic mass is 10.3. The van der Waals surface area contributed by atoms with Crippen LogP contribution in [0.5, 0.6) is 0 Å². The van der Waals surface area contributed by atoms with Crippen molar-refractivity contribution in [2.45, 2.75) is 25.5 Å². The fourth-order valence-electron chi connectivity index (χ4n) is 0.395. The van der Waals surface area contributed by atoms with Gasteiger partial charge in [0, 0.05) is 10.5 Å². The molecule has 0 aliphatic heterocycles. The molecule has 5 heteroatoms. The molecule has 0 aromatic rings. The molecule has 3 nitrogen and oxygen atoms in total. The van der Waals surface area contributed by atoms with Crippen molar-refractivity contribution in [1.29, 1.82) is 0 Å². The number of carbonyl (C=O) groups excluding carboxylic acids is 1. The van der Waals surface area contributed by atoms with E-state index in [1.54, 1.807) is 21.6 Å². The molecule has 0 rings (SSSR count). The van der Waals surface area contributed by atoms with Crippen molar-refractivity contribution < 1.29 is 9.53 Å². The first-order valence-corrected chi connectivity index (χ1v) is 5.96. The van der Waals surface area contributed by atoms with E-state index in [0.717, 1.165) is 5.75 Å². The highest BCUT2D eigenvalue weighted by Crippen LogP contribution is 2.34. The number of nitrogens with two attached hydrogens (primary N) is 1. The fourth-order valence-corrected chi connectivity index (χ4v) is 2.50. The number of rotatable bonds is 4. The predicted octanol–water partition coefficient (Wildman–Crippen LogP) is 2.26. The van der Waals surface area contributed by atoms with E-state index in [4.69, 9.17) is 5.73 Å². The van der Waals surface area contributed by atoms with Crippen LogP contribution in [0.15, 0.2) is 0 Å². The summed E-state index contributed by atoms with van der Waals surface area (Å²) < 4.78 is 4.81. The number of amides is 1. The lowest BCUT2D eigenvalue weighted by Gasteiger charge is -2.15. The molecular formula is C7H15NO2S2. The SMILES string of the molecule is CC(C)(C)SSCCOC(N)=O. The van der Waals surface area contributed by atoms with Gasteiger partial charge in [-0.15, -0.1) is 0 Å². The Hall–Kier alpha value is -0.0300. The van der Waals surface area contributed by atoms with Crippen LogP contribution in [-0.2, 0) is 4.74 Å². The van der Waals surface area contributed by atoms with Crippen molar-refractivity contribution in [3.63, 3.8) is 0 Å². The summed E-state index contributed by atoms with van der Waals surface area (Å²) in [6.07, 6.45) is -0.698. The minimum absolute atomic E-state index is 0.247. The number of hydrogen-bond acceptors (Lipinski definition) is 4. The van der Waals surface area contributed by atoms with Crippen LogP contribution < -0.4 is 5.73 Å². The smallest absolute Gasteiger partial charge is 0.404 e. The molecule has 0 spiro atoms. The second-order valence-electron chi connectivity index (χ2n) is 3.19. The molecule has 0 unspecified atom stereocenters. The van der Waals surface area contributed by atoms with Gasteiger partial charge in [0.2, 0.25) is 0 Å². The molecule has 0 fully saturated rings. The zero-order valence-electron chi connectivity index (χ0n) is 7.62. The topological polar surface area (TPSA) is 52.3 Å². The number of hydrogen-bond donors (Lipinski definition) is 1. The Bertz CT molecular complexity index is 145. The minimum Gasteiger partial charge on any atom is -0.449 e. The van der Waals surface area contributed by atoms with Crippen LogP contribution in [0.25, 0.3) is 0 Å². The Labute approximate surface area is 81.2 Å². The third-order valence-electron chi connectivity index (χ3n) is 0.720. The van der Waals surface area contributed by atoms with Crippen LogP contribution in [0.2, 0.25) is 0 Å². The largest absolute Gasteiger partial charge is 0.449 e. The van der Waals surface area contributed by atoms with E-state index >= 15 is 0 Å². The predicted molar refractivity (Wildman–Crippen MR) is 55.3 cm³/mol. The van der Waals surface area contributed by atoms with Crippen molar-refractivity contribution >= 4 is 27.7 Å². The van der Waals surface area contributed by atoms with Crippen LogP contribution in [0.1, 0.15) is 20.8 Å². The van der Waals surface area contributed by atoms with E-state index in [1.165, 1.54) is 0 Å². The second kappa shape index (κ2) is 5.59. The molecule has 72 valence electrons. The van der Waals surface area contributed by atoms with Gasteiger partial charge in [-0.05, 0) is 0 Å². The Morgan fingerprint density at radius 1 is 1.50 bits per heavy atom. The van der Waals surface area contributed by atoms with E-state index in [9.17, 15) is 4.79 Å². The van der Waals surface area contributed by atoms with Gasteiger partial charge in [0.1, 0.15) is 6.61 Å². The maximum absolute atomic E-state index is 10.1. The molecule has 0 heterocycles.